The highest BCUT2D eigenvalue weighted by Crippen LogP contribution is 2.34. The van der Waals surface area contributed by atoms with Crippen LogP contribution in [0.4, 0.5) is 10.7 Å². The summed E-state index contributed by atoms with van der Waals surface area (Å²) in [7, 11) is 15.5. The zero-order chi connectivity index (χ0) is 22.6. The minimum Gasteiger partial charge on any atom is -0.444 e. The Morgan fingerprint density at radius 3 is 1.70 bits per heavy atom. The van der Waals surface area contributed by atoms with Crippen molar-refractivity contribution in [2.75, 3.05) is 31.1 Å². The summed E-state index contributed by atoms with van der Waals surface area (Å²) in [5.74, 6) is 1.73. The number of hydrogen-bond donors (Lipinski definition) is 0. The van der Waals surface area contributed by atoms with Crippen molar-refractivity contribution in [1.82, 2.24) is 14.9 Å². The molecule has 2 fully saturated rings. The third-order valence-corrected chi connectivity index (χ3v) is 5.98. The van der Waals surface area contributed by atoms with E-state index in [1.54, 1.807) is 0 Å². The van der Waals surface area contributed by atoms with Crippen molar-refractivity contribution in [3.05, 3.63) is 11.4 Å². The number of hydrogen-bond acceptors (Lipinski definition) is 5. The highest BCUT2D eigenvalue weighted by molar-refractivity contribution is 6.62. The van der Waals surface area contributed by atoms with E-state index in [-0.39, 0.29) is 16.3 Å². The van der Waals surface area contributed by atoms with E-state index in [1.165, 1.54) is 5.46 Å². The van der Waals surface area contributed by atoms with E-state index in [9.17, 15) is 4.79 Å². The second kappa shape index (κ2) is 7.63. The molecule has 3 heterocycles. The van der Waals surface area contributed by atoms with Crippen molar-refractivity contribution in [2.24, 2.45) is 11.8 Å². The Bertz CT molecular complexity index is 786. The average Bonchev–Trinajstić information content (AvgIpc) is 3.09. The third kappa shape index (κ3) is 4.91. The molecule has 2 aliphatic rings. The normalized spacial score (nSPS) is 22.2. The van der Waals surface area contributed by atoms with Gasteiger partial charge >= 0.3 is 6.09 Å². The molecule has 2 atom stereocenters. The molecule has 0 radical (unpaired) electrons. The number of likely N-dealkylation sites (tertiary alicyclic amines) is 1. The van der Waals surface area contributed by atoms with Crippen LogP contribution in [0.5, 0.6) is 0 Å². The van der Waals surface area contributed by atoms with Crippen molar-refractivity contribution >= 4 is 72.4 Å². The molecule has 2 unspecified atom stereocenters. The second-order valence-corrected chi connectivity index (χ2v) is 12.2. The van der Waals surface area contributed by atoms with Gasteiger partial charge in [0.2, 0.25) is 5.95 Å². The maximum atomic E-state index is 12.5. The summed E-state index contributed by atoms with van der Waals surface area (Å²) in [4.78, 5) is 26.7. The van der Waals surface area contributed by atoms with Crippen LogP contribution in [0.3, 0.4) is 0 Å². The van der Waals surface area contributed by atoms with Crippen LogP contribution in [0, 0.1) is 11.8 Å². The maximum Gasteiger partial charge on any atom is 0.410 e. The summed E-state index contributed by atoms with van der Waals surface area (Å²) in [5.41, 5.74) is 3.01. The molecule has 30 heavy (non-hydrogen) atoms. The monoisotopic (exact) mass is 402 g/mol. The Balaban J connectivity index is 1.81. The summed E-state index contributed by atoms with van der Waals surface area (Å²) >= 11 is 0. The fourth-order valence-electron chi connectivity index (χ4n) is 4.74. The second-order valence-electron chi connectivity index (χ2n) is 12.2. The summed E-state index contributed by atoms with van der Waals surface area (Å²) < 4.78 is 5.57. The lowest BCUT2D eigenvalue weighted by Crippen LogP contribution is -2.44. The molecule has 154 valence electrons. The molecule has 1 amide bonds. The number of fused-ring (bicyclic) bond motifs is 1. The molecule has 1 aromatic heterocycles. The predicted molar refractivity (Wildman–Crippen MR) is 142 cm³/mol. The summed E-state index contributed by atoms with van der Waals surface area (Å²) in [5, 5.41) is -0.0736. The zero-order valence-corrected chi connectivity index (χ0v) is 20.6. The molecule has 0 spiro atoms. The molecule has 2 aliphatic heterocycles. The standard InChI is InChI=1S/C17H33B7N4O2/c1-15(2,3)30-14(29)28-6-8-4-27(5-9(8)7-28)13-25-11(16(19,20)21)10(18)12(26-13)17(22,23)24/h8-9H,4-7,18-24H2,1-3H3. The van der Waals surface area contributed by atoms with Crippen molar-refractivity contribution in [3.8, 4) is 0 Å². The van der Waals surface area contributed by atoms with Gasteiger partial charge in [0.1, 0.15) is 13.4 Å². The number of nitrogens with zero attached hydrogens (tertiary/aromatic N) is 4. The van der Waals surface area contributed by atoms with Gasteiger partial charge in [-0.05, 0) is 26.2 Å². The van der Waals surface area contributed by atoms with Crippen LogP contribution in [-0.2, 0) is 15.0 Å². The molecular weight excluding hydrogens is 368 g/mol. The van der Waals surface area contributed by atoms with Crippen LogP contribution in [0.1, 0.15) is 32.2 Å². The third-order valence-electron chi connectivity index (χ3n) is 5.98. The Morgan fingerprint density at radius 1 is 0.900 bits per heavy atom. The number of ether oxygens (including phenoxy) is 1. The first kappa shape index (κ1) is 23.3. The summed E-state index contributed by atoms with van der Waals surface area (Å²) in [6, 6.07) is 0. The lowest BCUT2D eigenvalue weighted by atomic mass is 9.37. The molecular formula is C17H33B7N4O2. The van der Waals surface area contributed by atoms with Crippen LogP contribution >= 0.6 is 0 Å². The van der Waals surface area contributed by atoms with E-state index in [2.05, 4.69) is 59.8 Å². The lowest BCUT2D eigenvalue weighted by Gasteiger charge is -2.30. The predicted octanol–water partition coefficient (Wildman–Crippen LogP) is -5.94. The first-order valence-corrected chi connectivity index (χ1v) is 11.2. The number of carbonyl (C=O) groups excluding carboxylic acids is 1. The highest BCUT2D eigenvalue weighted by Gasteiger charge is 2.44. The Labute approximate surface area is 187 Å². The van der Waals surface area contributed by atoms with E-state index < -0.39 is 5.60 Å². The minimum atomic E-state index is -0.455. The van der Waals surface area contributed by atoms with Crippen molar-refractivity contribution < 1.29 is 9.53 Å². The quantitative estimate of drug-likeness (QED) is 0.473. The van der Waals surface area contributed by atoms with Crippen molar-refractivity contribution in [3.63, 3.8) is 0 Å². The molecule has 0 bridgehead atoms. The molecule has 0 aliphatic carbocycles. The fourth-order valence-corrected chi connectivity index (χ4v) is 4.74. The SMILES string of the molecule is Bc1c(C(B)(B)B)nc(N2CC3CN(C(=O)OC(C)(C)C)CC3C2)nc1C(B)(B)B. The van der Waals surface area contributed by atoms with Crippen molar-refractivity contribution in [1.29, 1.82) is 0 Å². The highest BCUT2D eigenvalue weighted by atomic mass is 16.6. The molecule has 1 aromatic rings. The van der Waals surface area contributed by atoms with E-state index in [0.717, 1.165) is 43.5 Å². The zero-order valence-electron chi connectivity index (χ0n) is 20.6. The van der Waals surface area contributed by atoms with Gasteiger partial charge in [-0.3, -0.25) is 0 Å². The number of rotatable bonds is 3. The number of amides is 1. The lowest BCUT2D eigenvalue weighted by molar-refractivity contribution is 0.0282. The minimum absolute atomic E-state index is 0.0368. The molecule has 13 heteroatoms. The topological polar surface area (TPSA) is 58.6 Å². The van der Waals surface area contributed by atoms with Crippen LogP contribution in [0.25, 0.3) is 0 Å². The Hall–Kier alpha value is -1.40. The van der Waals surface area contributed by atoms with Gasteiger partial charge in [0.05, 0.1) is 47.1 Å². The van der Waals surface area contributed by atoms with Gasteiger partial charge in [-0.2, -0.15) is 0 Å². The number of anilines is 1. The Kier molecular flexibility index (Phi) is 5.92. The molecule has 0 aromatic carbocycles. The Morgan fingerprint density at radius 2 is 1.33 bits per heavy atom. The van der Waals surface area contributed by atoms with Gasteiger partial charge in [-0.1, -0.05) is 10.2 Å². The number of carbonyl (C=O) groups is 1. The summed E-state index contributed by atoms with van der Waals surface area (Å²) in [6.45, 7) is 9.02. The van der Waals surface area contributed by atoms with Gasteiger partial charge in [0.25, 0.3) is 0 Å². The average molecular weight is 401 g/mol. The van der Waals surface area contributed by atoms with E-state index >= 15 is 0 Å². The first-order chi connectivity index (χ1) is 13.6. The van der Waals surface area contributed by atoms with Crippen LogP contribution in [-0.4, -0.2) is 108 Å². The molecule has 0 N–H and O–H groups in total. The molecule has 2 saturated heterocycles. The largest absolute Gasteiger partial charge is 0.444 e. The van der Waals surface area contributed by atoms with Gasteiger partial charge in [-0.25, -0.2) is 14.8 Å². The van der Waals surface area contributed by atoms with E-state index in [0.29, 0.717) is 11.8 Å². The molecule has 0 saturated carbocycles. The molecule has 3 rings (SSSR count). The number of aromatic nitrogens is 2. The van der Waals surface area contributed by atoms with Gasteiger partial charge in [0, 0.05) is 49.4 Å². The first-order valence-electron chi connectivity index (χ1n) is 11.2. The van der Waals surface area contributed by atoms with E-state index in [4.69, 9.17) is 14.7 Å². The van der Waals surface area contributed by atoms with Gasteiger partial charge in [0.15, 0.2) is 0 Å². The van der Waals surface area contributed by atoms with Gasteiger partial charge < -0.3 is 14.5 Å². The van der Waals surface area contributed by atoms with E-state index in [1.807, 2.05) is 25.7 Å². The fraction of sp³-hybridized carbons (Fsp3) is 0.706. The van der Waals surface area contributed by atoms with Crippen LogP contribution < -0.4 is 10.4 Å². The van der Waals surface area contributed by atoms with Crippen LogP contribution in [0.2, 0.25) is 0 Å². The van der Waals surface area contributed by atoms with Crippen molar-refractivity contribution in [2.45, 2.75) is 36.6 Å². The smallest absolute Gasteiger partial charge is 0.410 e. The summed E-state index contributed by atoms with van der Waals surface area (Å²) in [6.07, 6.45) is -0.194. The van der Waals surface area contributed by atoms with Crippen LogP contribution in [0.15, 0.2) is 0 Å². The maximum absolute atomic E-state index is 12.5. The molecule has 6 nitrogen and oxygen atoms in total. The van der Waals surface area contributed by atoms with Gasteiger partial charge in [-0.15, -0.1) is 0 Å².